The van der Waals surface area contributed by atoms with E-state index in [4.69, 9.17) is 10.8 Å². The first-order chi connectivity index (χ1) is 10.6. The van der Waals surface area contributed by atoms with Crippen LogP contribution in [0.15, 0.2) is 48.5 Å². The maximum atomic E-state index is 10.5. The van der Waals surface area contributed by atoms with E-state index in [1.165, 1.54) is 0 Å². The zero-order valence-corrected chi connectivity index (χ0v) is 12.5. The van der Waals surface area contributed by atoms with Gasteiger partial charge in [-0.15, -0.1) is 0 Å². The highest BCUT2D eigenvalue weighted by molar-refractivity contribution is 5.87. The topological polar surface area (TPSA) is 92.4 Å². The van der Waals surface area contributed by atoms with Crippen LogP contribution < -0.4 is 11.1 Å². The molecule has 0 aliphatic carbocycles. The lowest BCUT2D eigenvalue weighted by molar-refractivity contribution is 0.0696. The quantitative estimate of drug-likeness (QED) is 0.735. The first kappa shape index (κ1) is 17.6. The van der Waals surface area contributed by atoms with Crippen LogP contribution in [0.1, 0.15) is 31.8 Å². The Balaban J connectivity index is 0.000000224. The Morgan fingerprint density at radius 2 is 1.64 bits per heavy atom. The van der Waals surface area contributed by atoms with E-state index in [0.717, 1.165) is 24.0 Å². The van der Waals surface area contributed by atoms with Gasteiger partial charge in [-0.05, 0) is 30.3 Å². The normalized spacial score (nSPS) is 9.55. The van der Waals surface area contributed by atoms with Gasteiger partial charge in [-0.2, -0.15) is 0 Å². The summed E-state index contributed by atoms with van der Waals surface area (Å²) in [5.41, 5.74) is 8.51. The molecule has 2 rings (SSSR count). The van der Waals surface area contributed by atoms with Crippen molar-refractivity contribution in [2.24, 2.45) is 5.73 Å². The lowest BCUT2D eigenvalue weighted by atomic mass is 10.1. The number of hydrogen-bond acceptors (Lipinski definition) is 4. The first-order valence-corrected chi connectivity index (χ1v) is 6.81. The minimum atomic E-state index is -0.883. The lowest BCUT2D eigenvalue weighted by Gasteiger charge is -1.99. The van der Waals surface area contributed by atoms with Crippen molar-refractivity contribution in [2.75, 3.05) is 7.05 Å². The minimum Gasteiger partial charge on any atom is -0.478 e. The first-order valence-electron chi connectivity index (χ1n) is 6.81. The molecule has 4 N–H and O–H groups in total. The molecule has 22 heavy (non-hydrogen) atoms. The number of nitrogens with two attached hydrogens (primary N) is 1. The van der Waals surface area contributed by atoms with Crippen LogP contribution in [0.2, 0.25) is 0 Å². The summed E-state index contributed by atoms with van der Waals surface area (Å²) in [6.45, 7) is 1.29. The highest BCUT2D eigenvalue weighted by Crippen LogP contribution is 2.03. The maximum absolute atomic E-state index is 10.5. The van der Waals surface area contributed by atoms with Crippen molar-refractivity contribution in [3.05, 3.63) is 70.8 Å². The van der Waals surface area contributed by atoms with Gasteiger partial charge in [0.05, 0.1) is 5.56 Å². The second kappa shape index (κ2) is 9.44. The summed E-state index contributed by atoms with van der Waals surface area (Å²) in [6, 6.07) is 14.0. The lowest BCUT2D eigenvalue weighted by Crippen LogP contribution is -2.05. The molecule has 0 unspecified atom stereocenters. The molecule has 0 aliphatic rings. The number of rotatable bonds is 5. The van der Waals surface area contributed by atoms with Gasteiger partial charge in [0.25, 0.3) is 0 Å². The van der Waals surface area contributed by atoms with Crippen LogP contribution in [0, 0.1) is 0 Å². The number of hydrogen-bond donors (Lipinski definition) is 3. The van der Waals surface area contributed by atoms with Crippen molar-refractivity contribution in [1.29, 1.82) is 0 Å². The molecular formula is C17H20N2O3. The summed E-state index contributed by atoms with van der Waals surface area (Å²) in [4.78, 5) is 20.6. The van der Waals surface area contributed by atoms with Crippen LogP contribution in [0.3, 0.4) is 0 Å². The molecule has 2 aromatic rings. The molecule has 0 fully saturated rings. The monoisotopic (exact) mass is 300 g/mol. The van der Waals surface area contributed by atoms with Gasteiger partial charge in [-0.3, -0.25) is 4.79 Å². The van der Waals surface area contributed by atoms with Gasteiger partial charge in [0.15, 0.2) is 0 Å². The van der Waals surface area contributed by atoms with Gasteiger partial charge in [0.1, 0.15) is 6.29 Å². The number of carbonyl (C=O) groups excluding carboxylic acids is 1. The summed E-state index contributed by atoms with van der Waals surface area (Å²) in [5.74, 6) is -0.883. The number of aldehydes is 1. The SMILES string of the molecule is CNCc1ccc(C(=O)O)cc1.NCc1ccc(C=O)cc1. The summed E-state index contributed by atoms with van der Waals surface area (Å²) in [5, 5.41) is 11.6. The van der Waals surface area contributed by atoms with Crippen LogP contribution in [0.5, 0.6) is 0 Å². The summed E-state index contributed by atoms with van der Waals surface area (Å²) in [7, 11) is 1.85. The molecule has 0 bridgehead atoms. The van der Waals surface area contributed by atoms with Gasteiger partial charge in [0.2, 0.25) is 0 Å². The molecule has 0 aromatic heterocycles. The van der Waals surface area contributed by atoms with Crippen LogP contribution in [-0.4, -0.2) is 24.4 Å². The number of benzene rings is 2. The Morgan fingerprint density at radius 1 is 1.09 bits per heavy atom. The van der Waals surface area contributed by atoms with E-state index in [9.17, 15) is 9.59 Å². The van der Waals surface area contributed by atoms with Crippen molar-refractivity contribution in [3.8, 4) is 0 Å². The van der Waals surface area contributed by atoms with Crippen molar-refractivity contribution in [3.63, 3.8) is 0 Å². The van der Waals surface area contributed by atoms with E-state index in [1.807, 2.05) is 19.2 Å². The smallest absolute Gasteiger partial charge is 0.335 e. The Kier molecular flexibility index (Phi) is 7.53. The van der Waals surface area contributed by atoms with E-state index >= 15 is 0 Å². The van der Waals surface area contributed by atoms with E-state index in [0.29, 0.717) is 17.7 Å². The Hall–Kier alpha value is -2.50. The summed E-state index contributed by atoms with van der Waals surface area (Å²) in [6.07, 6.45) is 0.820. The van der Waals surface area contributed by atoms with Crippen LogP contribution in [-0.2, 0) is 13.1 Å². The van der Waals surface area contributed by atoms with Crippen molar-refractivity contribution >= 4 is 12.3 Å². The van der Waals surface area contributed by atoms with E-state index in [-0.39, 0.29) is 0 Å². The Bertz CT molecular complexity index is 592. The summed E-state index contributed by atoms with van der Waals surface area (Å²) < 4.78 is 0. The molecule has 5 nitrogen and oxygen atoms in total. The van der Waals surface area contributed by atoms with Gasteiger partial charge >= 0.3 is 5.97 Å². The van der Waals surface area contributed by atoms with Crippen LogP contribution >= 0.6 is 0 Å². The zero-order chi connectivity index (χ0) is 16.4. The number of aromatic carboxylic acids is 1. The molecule has 0 heterocycles. The third-order valence-electron chi connectivity index (χ3n) is 2.93. The van der Waals surface area contributed by atoms with Gasteiger partial charge in [0, 0.05) is 18.7 Å². The molecule has 0 atom stereocenters. The fraction of sp³-hybridized carbons (Fsp3) is 0.176. The van der Waals surface area contributed by atoms with Crippen molar-refractivity contribution in [1.82, 2.24) is 5.32 Å². The molecule has 2 aromatic carbocycles. The Labute approximate surface area is 129 Å². The molecule has 0 radical (unpaired) electrons. The molecule has 0 saturated heterocycles. The van der Waals surface area contributed by atoms with Crippen LogP contribution in [0.4, 0.5) is 0 Å². The van der Waals surface area contributed by atoms with Crippen LogP contribution in [0.25, 0.3) is 0 Å². The standard InChI is InChI=1S/C9H11NO2.C8H9NO/c1-10-6-7-2-4-8(5-3-7)9(11)12;9-5-7-1-3-8(6-10)4-2-7/h2-5,10H,6H2,1H3,(H,11,12);1-4,6H,5,9H2. The third kappa shape index (κ3) is 5.87. The highest BCUT2D eigenvalue weighted by Gasteiger charge is 2.00. The number of carbonyl (C=O) groups is 2. The number of carboxylic acid groups (broad SMARTS) is 1. The second-order valence-electron chi connectivity index (χ2n) is 4.60. The molecule has 0 spiro atoms. The molecule has 5 heteroatoms. The van der Waals surface area contributed by atoms with E-state index in [2.05, 4.69) is 5.32 Å². The minimum absolute atomic E-state index is 0.329. The van der Waals surface area contributed by atoms with Gasteiger partial charge in [-0.1, -0.05) is 36.4 Å². The highest BCUT2D eigenvalue weighted by atomic mass is 16.4. The maximum Gasteiger partial charge on any atom is 0.335 e. The fourth-order valence-corrected chi connectivity index (χ4v) is 1.70. The third-order valence-corrected chi connectivity index (χ3v) is 2.93. The average molecular weight is 300 g/mol. The van der Waals surface area contributed by atoms with Gasteiger partial charge in [-0.25, -0.2) is 4.79 Å². The largest absolute Gasteiger partial charge is 0.478 e. The fourth-order valence-electron chi connectivity index (χ4n) is 1.70. The molecular weight excluding hydrogens is 280 g/mol. The van der Waals surface area contributed by atoms with Crippen molar-refractivity contribution in [2.45, 2.75) is 13.1 Å². The van der Waals surface area contributed by atoms with Crippen molar-refractivity contribution < 1.29 is 14.7 Å². The Morgan fingerprint density at radius 3 is 2.05 bits per heavy atom. The predicted octanol–water partition coefficient (Wildman–Crippen LogP) is 2.06. The number of carboxylic acids is 1. The summed E-state index contributed by atoms with van der Waals surface area (Å²) >= 11 is 0. The average Bonchev–Trinajstić information content (AvgIpc) is 2.56. The zero-order valence-electron chi connectivity index (χ0n) is 12.5. The molecule has 0 aliphatic heterocycles. The van der Waals surface area contributed by atoms with Gasteiger partial charge < -0.3 is 16.2 Å². The molecule has 0 saturated carbocycles. The number of nitrogens with one attached hydrogen (secondary N) is 1. The van der Waals surface area contributed by atoms with E-state index < -0.39 is 5.97 Å². The molecule has 0 amide bonds. The molecule has 116 valence electrons. The predicted molar refractivity (Wildman–Crippen MR) is 85.9 cm³/mol. The van der Waals surface area contributed by atoms with E-state index in [1.54, 1.807) is 36.4 Å². The second-order valence-corrected chi connectivity index (χ2v) is 4.60.